The number of nitrogens with one attached hydrogen (secondary N) is 1. The molecule has 136 valence electrons. The maximum atomic E-state index is 12.5. The van der Waals surface area contributed by atoms with E-state index in [1.54, 1.807) is 31.2 Å². The second-order valence-corrected chi connectivity index (χ2v) is 6.11. The molecule has 0 bridgehead atoms. The summed E-state index contributed by atoms with van der Waals surface area (Å²) in [4.78, 5) is 29.0. The van der Waals surface area contributed by atoms with Gasteiger partial charge in [-0.15, -0.1) is 0 Å². The van der Waals surface area contributed by atoms with Crippen LogP contribution in [0.4, 0.5) is 0 Å². The van der Waals surface area contributed by atoms with Crippen LogP contribution in [0, 0.1) is 0 Å². The molecule has 2 aromatic heterocycles. The molecule has 1 N–H and O–H groups in total. The maximum absolute atomic E-state index is 12.5. The van der Waals surface area contributed by atoms with Crippen molar-refractivity contribution in [3.8, 4) is 11.5 Å². The highest BCUT2D eigenvalue weighted by Gasteiger charge is 2.21. The fraction of sp³-hybridized carbons (Fsp3) is 0.150. The summed E-state index contributed by atoms with van der Waals surface area (Å²) in [6.45, 7) is 1.85. The number of rotatable bonds is 5. The van der Waals surface area contributed by atoms with Gasteiger partial charge in [0.25, 0.3) is 0 Å². The van der Waals surface area contributed by atoms with Crippen molar-refractivity contribution < 1.29 is 13.6 Å². The van der Waals surface area contributed by atoms with Crippen LogP contribution >= 0.6 is 0 Å². The third kappa shape index (κ3) is 3.27. The lowest BCUT2D eigenvalue weighted by Gasteiger charge is -2.12. The van der Waals surface area contributed by atoms with Gasteiger partial charge in [-0.1, -0.05) is 30.3 Å². The van der Waals surface area contributed by atoms with Gasteiger partial charge in [0, 0.05) is 5.56 Å². The molecule has 2 heterocycles. The zero-order valence-corrected chi connectivity index (χ0v) is 14.6. The quantitative estimate of drug-likeness (QED) is 0.588. The van der Waals surface area contributed by atoms with Gasteiger partial charge in [-0.2, -0.15) is 0 Å². The molecule has 0 aliphatic heterocycles. The number of hydrogen-bond donors (Lipinski definition) is 1. The first-order chi connectivity index (χ1) is 13.1. The minimum atomic E-state index is -0.721. The zero-order chi connectivity index (χ0) is 18.8. The molecule has 0 spiro atoms. The van der Waals surface area contributed by atoms with E-state index in [-0.39, 0.29) is 12.5 Å². The van der Waals surface area contributed by atoms with Crippen LogP contribution in [-0.4, -0.2) is 15.5 Å². The van der Waals surface area contributed by atoms with E-state index in [1.807, 2.05) is 30.3 Å². The Morgan fingerprint density at radius 3 is 2.70 bits per heavy atom. The number of carbonyl (C=O) groups is 1. The standard InChI is InChI=1S/C20H17N3O4/c1-13(23-16-9-5-6-10-17(16)27-20(23)25)18(24)21-11-15-12-26-19(22-15)14-7-3-2-4-8-14/h2-10,12-13H,11H2,1H3,(H,21,24)/t13-/m1/s1. The van der Waals surface area contributed by atoms with Gasteiger partial charge >= 0.3 is 5.76 Å². The van der Waals surface area contributed by atoms with Crippen molar-refractivity contribution in [3.05, 3.63) is 77.1 Å². The smallest absolute Gasteiger partial charge is 0.420 e. The Kier molecular flexibility index (Phi) is 4.33. The van der Waals surface area contributed by atoms with E-state index in [9.17, 15) is 9.59 Å². The number of carbonyl (C=O) groups excluding carboxylic acids is 1. The van der Waals surface area contributed by atoms with Gasteiger partial charge in [0.2, 0.25) is 11.8 Å². The van der Waals surface area contributed by atoms with Crippen LogP contribution in [0.2, 0.25) is 0 Å². The van der Waals surface area contributed by atoms with Crippen LogP contribution in [-0.2, 0) is 11.3 Å². The van der Waals surface area contributed by atoms with Crippen LogP contribution < -0.4 is 11.1 Å². The molecule has 27 heavy (non-hydrogen) atoms. The van der Waals surface area contributed by atoms with Crippen LogP contribution in [0.15, 0.2) is 74.5 Å². The van der Waals surface area contributed by atoms with Crippen molar-refractivity contribution in [2.24, 2.45) is 0 Å². The molecular weight excluding hydrogens is 346 g/mol. The monoisotopic (exact) mass is 363 g/mol. The molecule has 2 aromatic carbocycles. The predicted octanol–water partition coefficient (Wildman–Crippen LogP) is 3.13. The second-order valence-electron chi connectivity index (χ2n) is 6.11. The highest BCUT2D eigenvalue weighted by Crippen LogP contribution is 2.19. The minimum Gasteiger partial charge on any atom is -0.444 e. The minimum absolute atomic E-state index is 0.198. The van der Waals surface area contributed by atoms with E-state index in [0.29, 0.717) is 22.7 Å². The van der Waals surface area contributed by atoms with Crippen molar-refractivity contribution in [1.82, 2.24) is 14.9 Å². The van der Waals surface area contributed by atoms with E-state index in [0.717, 1.165) is 5.56 Å². The van der Waals surface area contributed by atoms with Crippen molar-refractivity contribution in [3.63, 3.8) is 0 Å². The molecule has 0 aliphatic carbocycles. The Hall–Kier alpha value is -3.61. The average Bonchev–Trinajstić information content (AvgIpc) is 3.30. The molecule has 4 rings (SSSR count). The summed E-state index contributed by atoms with van der Waals surface area (Å²) in [6.07, 6.45) is 1.51. The molecule has 0 fully saturated rings. The van der Waals surface area contributed by atoms with E-state index >= 15 is 0 Å². The summed E-state index contributed by atoms with van der Waals surface area (Å²) >= 11 is 0. The zero-order valence-electron chi connectivity index (χ0n) is 14.6. The summed E-state index contributed by atoms with van der Waals surface area (Å²) in [5.41, 5.74) is 2.49. The molecule has 0 radical (unpaired) electrons. The number of amides is 1. The molecule has 1 atom stereocenters. The molecule has 7 heteroatoms. The first-order valence-electron chi connectivity index (χ1n) is 8.51. The molecular formula is C20H17N3O4. The van der Waals surface area contributed by atoms with Gasteiger partial charge in [-0.25, -0.2) is 9.78 Å². The third-order valence-corrected chi connectivity index (χ3v) is 4.30. The average molecular weight is 363 g/mol. The van der Waals surface area contributed by atoms with Crippen molar-refractivity contribution in [2.45, 2.75) is 19.5 Å². The largest absolute Gasteiger partial charge is 0.444 e. The summed E-state index contributed by atoms with van der Waals surface area (Å²) < 4.78 is 12.0. The number of nitrogens with zero attached hydrogens (tertiary/aromatic N) is 2. The lowest BCUT2D eigenvalue weighted by atomic mass is 10.2. The van der Waals surface area contributed by atoms with E-state index in [4.69, 9.17) is 8.83 Å². The predicted molar refractivity (Wildman–Crippen MR) is 99.0 cm³/mol. The molecule has 0 saturated heterocycles. The lowest BCUT2D eigenvalue weighted by molar-refractivity contribution is -0.124. The Bertz CT molecular complexity index is 1140. The summed E-state index contributed by atoms with van der Waals surface area (Å²) in [6, 6.07) is 15.8. The highest BCUT2D eigenvalue weighted by atomic mass is 16.4. The first kappa shape index (κ1) is 16.8. The second kappa shape index (κ2) is 6.95. The summed E-state index contributed by atoms with van der Waals surface area (Å²) in [5, 5.41) is 2.78. The normalized spacial score (nSPS) is 12.2. The number of oxazole rings is 2. The van der Waals surface area contributed by atoms with E-state index < -0.39 is 11.8 Å². The van der Waals surface area contributed by atoms with Gasteiger partial charge < -0.3 is 14.2 Å². The molecule has 0 saturated carbocycles. The summed E-state index contributed by atoms with van der Waals surface area (Å²) in [7, 11) is 0. The van der Waals surface area contributed by atoms with Crippen LogP contribution in [0.3, 0.4) is 0 Å². The van der Waals surface area contributed by atoms with E-state index in [2.05, 4.69) is 10.3 Å². The van der Waals surface area contributed by atoms with Gasteiger partial charge in [0.05, 0.1) is 17.8 Å². The summed E-state index contributed by atoms with van der Waals surface area (Å²) in [5.74, 6) is -0.385. The van der Waals surface area contributed by atoms with Gasteiger partial charge in [0.1, 0.15) is 12.3 Å². The number of aromatic nitrogens is 2. The maximum Gasteiger partial charge on any atom is 0.420 e. The Labute approximate surface area is 154 Å². The van der Waals surface area contributed by atoms with Crippen molar-refractivity contribution in [1.29, 1.82) is 0 Å². The SMILES string of the molecule is C[C@H](C(=O)NCc1coc(-c2ccccc2)n1)n1c(=O)oc2ccccc21. The van der Waals surface area contributed by atoms with Crippen molar-refractivity contribution >= 4 is 17.0 Å². The molecule has 1 amide bonds. The molecule has 0 unspecified atom stereocenters. The van der Waals surface area contributed by atoms with E-state index in [1.165, 1.54) is 10.8 Å². The van der Waals surface area contributed by atoms with Crippen LogP contribution in [0.5, 0.6) is 0 Å². The first-order valence-corrected chi connectivity index (χ1v) is 8.51. The van der Waals surface area contributed by atoms with Gasteiger partial charge in [-0.3, -0.25) is 9.36 Å². The Morgan fingerprint density at radius 2 is 1.89 bits per heavy atom. The van der Waals surface area contributed by atoms with Gasteiger partial charge in [-0.05, 0) is 31.2 Å². The highest BCUT2D eigenvalue weighted by molar-refractivity contribution is 5.82. The molecule has 7 nitrogen and oxygen atoms in total. The Morgan fingerprint density at radius 1 is 1.15 bits per heavy atom. The molecule has 4 aromatic rings. The van der Waals surface area contributed by atoms with Crippen molar-refractivity contribution in [2.75, 3.05) is 0 Å². The number of fused-ring (bicyclic) bond motifs is 1. The third-order valence-electron chi connectivity index (χ3n) is 4.30. The van der Waals surface area contributed by atoms with Gasteiger partial charge in [0.15, 0.2) is 5.58 Å². The number of para-hydroxylation sites is 2. The fourth-order valence-electron chi connectivity index (χ4n) is 2.89. The fourth-order valence-corrected chi connectivity index (χ4v) is 2.89. The topological polar surface area (TPSA) is 90.3 Å². The van der Waals surface area contributed by atoms with Crippen LogP contribution in [0.1, 0.15) is 18.7 Å². The number of benzene rings is 2. The number of hydrogen-bond acceptors (Lipinski definition) is 5. The lowest BCUT2D eigenvalue weighted by Crippen LogP contribution is -2.34. The Balaban J connectivity index is 1.47. The van der Waals surface area contributed by atoms with Crippen LogP contribution in [0.25, 0.3) is 22.6 Å². The molecule has 0 aliphatic rings.